The molecular weight excluding hydrogens is 284 g/mol. The molecule has 22 heavy (non-hydrogen) atoms. The molecule has 2 aromatic rings. The Bertz CT molecular complexity index is 651. The lowest BCUT2D eigenvalue weighted by molar-refractivity contribution is -0.605. The third-order valence-electron chi connectivity index (χ3n) is 3.02. The number of rotatable bonds is 5. The maximum atomic E-state index is 11.7. The second-order valence-corrected chi connectivity index (χ2v) is 4.62. The normalized spacial score (nSPS) is 10.0. The van der Waals surface area contributed by atoms with Crippen molar-refractivity contribution < 1.29 is 19.1 Å². The van der Waals surface area contributed by atoms with E-state index in [-0.39, 0.29) is 12.2 Å². The predicted octanol–water partition coefficient (Wildman–Crippen LogP) is 1.68. The number of carbonyl (C=O) groups is 2. The van der Waals surface area contributed by atoms with Crippen LogP contribution >= 0.6 is 0 Å². The van der Waals surface area contributed by atoms with E-state index in [2.05, 4.69) is 5.32 Å². The number of benzene rings is 1. The van der Waals surface area contributed by atoms with E-state index in [0.717, 1.165) is 6.42 Å². The topological polar surface area (TPSA) is 82.3 Å². The number of esters is 1. The van der Waals surface area contributed by atoms with Crippen LogP contribution in [-0.2, 0) is 16.0 Å². The van der Waals surface area contributed by atoms with Gasteiger partial charge in [-0.05, 0) is 24.1 Å². The van der Waals surface area contributed by atoms with Crippen molar-refractivity contribution in [3.05, 3.63) is 65.1 Å². The Morgan fingerprint density at radius 3 is 2.36 bits per heavy atom. The van der Waals surface area contributed by atoms with Crippen LogP contribution < -0.4 is 10.0 Å². The largest absolute Gasteiger partial charge is 0.619 e. The number of hydrogen-bond donors (Lipinski definition) is 1. The second kappa shape index (κ2) is 7.21. The molecular formula is C16H16N2O4. The first-order valence-electron chi connectivity index (χ1n) is 6.83. The first-order chi connectivity index (χ1) is 10.6. The van der Waals surface area contributed by atoms with Crippen molar-refractivity contribution in [3.8, 4) is 0 Å². The van der Waals surface area contributed by atoms with E-state index in [9.17, 15) is 14.8 Å². The number of anilines is 1. The van der Waals surface area contributed by atoms with Gasteiger partial charge in [-0.3, -0.25) is 4.79 Å². The average Bonchev–Trinajstić information content (AvgIpc) is 2.54. The van der Waals surface area contributed by atoms with Crippen LogP contribution in [0.15, 0.2) is 48.8 Å². The van der Waals surface area contributed by atoms with Crippen LogP contribution in [0.4, 0.5) is 5.69 Å². The van der Waals surface area contributed by atoms with Crippen LogP contribution in [0.3, 0.4) is 0 Å². The molecule has 6 nitrogen and oxygen atoms in total. The van der Waals surface area contributed by atoms with Gasteiger partial charge in [0.05, 0.1) is 5.56 Å². The van der Waals surface area contributed by atoms with Crippen LogP contribution in [0.5, 0.6) is 0 Å². The second-order valence-electron chi connectivity index (χ2n) is 4.62. The fourth-order valence-electron chi connectivity index (χ4n) is 1.78. The van der Waals surface area contributed by atoms with Crippen LogP contribution in [-0.4, -0.2) is 18.5 Å². The molecule has 0 aliphatic rings. The molecule has 1 aromatic heterocycles. The summed E-state index contributed by atoms with van der Waals surface area (Å²) in [5.41, 5.74) is 2.03. The molecule has 0 spiro atoms. The lowest BCUT2D eigenvalue weighted by Crippen LogP contribution is -2.25. The van der Waals surface area contributed by atoms with E-state index < -0.39 is 11.9 Å². The number of aromatic nitrogens is 1. The SMILES string of the molecule is CCc1ccc(NC(=O)COC(=O)c2cc[n+]([O-])cc2)cc1. The number of hydrogen-bond acceptors (Lipinski definition) is 4. The first-order valence-corrected chi connectivity index (χ1v) is 6.83. The molecule has 6 heteroatoms. The Morgan fingerprint density at radius 2 is 1.77 bits per heavy atom. The summed E-state index contributed by atoms with van der Waals surface area (Å²) < 4.78 is 5.44. The summed E-state index contributed by atoms with van der Waals surface area (Å²) in [5.74, 6) is -1.08. The molecule has 0 radical (unpaired) electrons. The van der Waals surface area contributed by atoms with Gasteiger partial charge in [-0.15, -0.1) is 0 Å². The average molecular weight is 300 g/mol. The lowest BCUT2D eigenvalue weighted by atomic mass is 10.1. The van der Waals surface area contributed by atoms with E-state index >= 15 is 0 Å². The summed E-state index contributed by atoms with van der Waals surface area (Å²) in [5, 5.41) is 13.5. The molecule has 0 saturated carbocycles. The van der Waals surface area contributed by atoms with Gasteiger partial charge in [0.2, 0.25) is 0 Å². The Balaban J connectivity index is 1.84. The highest BCUT2D eigenvalue weighted by Crippen LogP contribution is 2.09. The molecule has 0 fully saturated rings. The van der Waals surface area contributed by atoms with Gasteiger partial charge in [-0.1, -0.05) is 19.1 Å². The van der Waals surface area contributed by atoms with Gasteiger partial charge in [0.25, 0.3) is 5.91 Å². The minimum absolute atomic E-state index is 0.215. The number of carbonyl (C=O) groups excluding carboxylic acids is 2. The lowest BCUT2D eigenvalue weighted by Gasteiger charge is -2.07. The molecule has 1 heterocycles. The van der Waals surface area contributed by atoms with Crippen LogP contribution in [0.25, 0.3) is 0 Å². The van der Waals surface area contributed by atoms with Gasteiger partial charge in [-0.2, -0.15) is 4.73 Å². The predicted molar refractivity (Wildman–Crippen MR) is 80.1 cm³/mol. The minimum Gasteiger partial charge on any atom is -0.619 e. The Morgan fingerprint density at radius 1 is 1.14 bits per heavy atom. The minimum atomic E-state index is -0.655. The molecule has 0 atom stereocenters. The molecule has 1 amide bonds. The van der Waals surface area contributed by atoms with Gasteiger partial charge in [0.1, 0.15) is 0 Å². The van der Waals surface area contributed by atoms with E-state index in [0.29, 0.717) is 10.4 Å². The van der Waals surface area contributed by atoms with Crippen molar-refractivity contribution in [2.24, 2.45) is 0 Å². The maximum absolute atomic E-state index is 11.7. The molecule has 114 valence electrons. The first kappa shape index (κ1) is 15.5. The number of amides is 1. The summed E-state index contributed by atoms with van der Waals surface area (Å²) in [7, 11) is 0. The van der Waals surface area contributed by atoms with Crippen LogP contribution in [0.2, 0.25) is 0 Å². The van der Waals surface area contributed by atoms with Crippen molar-refractivity contribution in [1.29, 1.82) is 0 Å². The molecule has 0 bridgehead atoms. The van der Waals surface area contributed by atoms with Crippen molar-refractivity contribution >= 4 is 17.6 Å². The van der Waals surface area contributed by atoms with Gasteiger partial charge in [-0.25, -0.2) is 4.79 Å². The quantitative estimate of drug-likeness (QED) is 0.517. The number of pyridine rings is 1. The number of nitrogens with zero attached hydrogens (tertiary/aromatic N) is 1. The van der Waals surface area contributed by atoms with Gasteiger partial charge in [0, 0.05) is 17.8 Å². The van der Waals surface area contributed by atoms with Gasteiger partial charge in [0.15, 0.2) is 19.0 Å². The van der Waals surface area contributed by atoms with Crippen molar-refractivity contribution in [1.82, 2.24) is 0 Å². The molecule has 2 rings (SSSR count). The van der Waals surface area contributed by atoms with Crippen molar-refractivity contribution in [2.45, 2.75) is 13.3 Å². The molecule has 0 unspecified atom stereocenters. The Kier molecular flexibility index (Phi) is 5.08. The standard InChI is InChI=1S/C16H16N2O4/c1-2-12-3-5-14(6-4-12)17-15(19)11-22-16(20)13-7-9-18(21)10-8-13/h3-10H,2,11H2,1H3,(H,17,19). The Hall–Kier alpha value is -2.89. The highest BCUT2D eigenvalue weighted by Gasteiger charge is 2.11. The molecule has 1 N–H and O–H groups in total. The molecule has 0 saturated heterocycles. The highest BCUT2D eigenvalue weighted by atomic mass is 16.5. The summed E-state index contributed by atoms with van der Waals surface area (Å²) >= 11 is 0. The molecule has 1 aromatic carbocycles. The smallest absolute Gasteiger partial charge is 0.339 e. The monoisotopic (exact) mass is 300 g/mol. The fourth-order valence-corrected chi connectivity index (χ4v) is 1.78. The van der Waals surface area contributed by atoms with E-state index in [1.807, 2.05) is 19.1 Å². The Labute approximate surface area is 127 Å². The third kappa shape index (κ3) is 4.31. The maximum Gasteiger partial charge on any atom is 0.339 e. The van der Waals surface area contributed by atoms with Gasteiger partial charge < -0.3 is 15.3 Å². The zero-order valence-corrected chi connectivity index (χ0v) is 12.1. The van der Waals surface area contributed by atoms with Gasteiger partial charge >= 0.3 is 5.97 Å². The van der Waals surface area contributed by atoms with Crippen LogP contribution in [0.1, 0.15) is 22.8 Å². The van der Waals surface area contributed by atoms with E-state index in [4.69, 9.17) is 4.74 Å². The number of ether oxygens (including phenoxy) is 1. The zero-order chi connectivity index (χ0) is 15.9. The number of nitrogens with one attached hydrogen (secondary N) is 1. The van der Waals surface area contributed by atoms with Crippen molar-refractivity contribution in [3.63, 3.8) is 0 Å². The molecule has 0 aliphatic carbocycles. The summed E-state index contributed by atoms with van der Waals surface area (Å²) in [4.78, 5) is 23.4. The zero-order valence-electron chi connectivity index (χ0n) is 12.1. The van der Waals surface area contributed by atoms with Crippen LogP contribution in [0, 0.1) is 5.21 Å². The van der Waals surface area contributed by atoms with E-state index in [1.165, 1.54) is 30.1 Å². The van der Waals surface area contributed by atoms with E-state index in [1.54, 1.807) is 12.1 Å². The summed E-state index contributed by atoms with van der Waals surface area (Å²) in [6.45, 7) is 1.66. The number of aryl methyl sites for hydroxylation is 1. The molecule has 0 aliphatic heterocycles. The summed E-state index contributed by atoms with van der Waals surface area (Å²) in [6.07, 6.45) is 3.30. The van der Waals surface area contributed by atoms with Crippen molar-refractivity contribution in [2.75, 3.05) is 11.9 Å². The fraction of sp³-hybridized carbons (Fsp3) is 0.188. The summed E-state index contributed by atoms with van der Waals surface area (Å²) in [6, 6.07) is 10.1. The highest BCUT2D eigenvalue weighted by molar-refractivity contribution is 5.95. The third-order valence-corrected chi connectivity index (χ3v) is 3.02.